The van der Waals surface area contributed by atoms with Gasteiger partial charge in [0.05, 0.1) is 5.88 Å². The van der Waals surface area contributed by atoms with E-state index in [0.717, 1.165) is 18.4 Å². The maximum Gasteiger partial charge on any atom is 0.170 e. The highest BCUT2D eigenvalue weighted by Crippen LogP contribution is 2.06. The Morgan fingerprint density at radius 2 is 1.92 bits per heavy atom. The molecule has 0 rings (SSSR count). The summed E-state index contributed by atoms with van der Waals surface area (Å²) in [7, 11) is 0. The second kappa shape index (κ2) is 6.90. The van der Waals surface area contributed by atoms with Crippen LogP contribution in [0.25, 0.3) is 0 Å². The molecule has 0 spiro atoms. The molecule has 0 heterocycles. The van der Waals surface area contributed by atoms with Crippen LogP contribution >= 0.6 is 11.6 Å². The SMILES string of the molecule is CC(C)=CCCC(C)=CC(=O)CCl. The molecule has 0 radical (unpaired) electrons. The van der Waals surface area contributed by atoms with Crippen molar-refractivity contribution in [2.75, 3.05) is 5.88 Å². The monoisotopic (exact) mass is 200 g/mol. The van der Waals surface area contributed by atoms with Gasteiger partial charge in [0, 0.05) is 0 Å². The van der Waals surface area contributed by atoms with Crippen molar-refractivity contribution in [1.29, 1.82) is 0 Å². The molecule has 0 saturated heterocycles. The molecule has 74 valence electrons. The molecule has 0 atom stereocenters. The molecule has 2 heteroatoms. The number of alkyl halides is 1. The molecule has 0 aliphatic rings. The fourth-order valence-corrected chi connectivity index (χ4v) is 1.05. The first-order chi connectivity index (χ1) is 6.06. The average Bonchev–Trinajstić information content (AvgIpc) is 2.03. The number of hydrogen-bond donors (Lipinski definition) is 0. The van der Waals surface area contributed by atoms with E-state index in [1.165, 1.54) is 5.57 Å². The second-order valence-electron chi connectivity index (χ2n) is 3.41. The van der Waals surface area contributed by atoms with E-state index in [-0.39, 0.29) is 11.7 Å². The Morgan fingerprint density at radius 3 is 2.38 bits per heavy atom. The van der Waals surface area contributed by atoms with Crippen molar-refractivity contribution in [1.82, 2.24) is 0 Å². The Kier molecular flexibility index (Phi) is 6.61. The number of carbonyl (C=O) groups excluding carboxylic acids is 1. The van der Waals surface area contributed by atoms with Crippen molar-refractivity contribution in [3.8, 4) is 0 Å². The number of halogens is 1. The van der Waals surface area contributed by atoms with E-state index >= 15 is 0 Å². The average molecular weight is 201 g/mol. The summed E-state index contributed by atoms with van der Waals surface area (Å²) in [6.07, 6.45) is 5.74. The Hall–Kier alpha value is -0.560. The van der Waals surface area contributed by atoms with Gasteiger partial charge in [0.25, 0.3) is 0 Å². The molecule has 0 aromatic carbocycles. The fourth-order valence-electron chi connectivity index (χ4n) is 0.974. The van der Waals surface area contributed by atoms with Gasteiger partial charge >= 0.3 is 0 Å². The van der Waals surface area contributed by atoms with Crippen LogP contribution in [0.3, 0.4) is 0 Å². The lowest BCUT2D eigenvalue weighted by molar-refractivity contribution is -0.112. The van der Waals surface area contributed by atoms with E-state index in [2.05, 4.69) is 19.9 Å². The predicted octanol–water partition coefficient (Wildman–Crippen LogP) is 3.49. The Balaban J connectivity index is 3.87. The van der Waals surface area contributed by atoms with Gasteiger partial charge in [0.15, 0.2) is 5.78 Å². The maximum atomic E-state index is 10.9. The molecule has 0 unspecified atom stereocenters. The topological polar surface area (TPSA) is 17.1 Å². The fraction of sp³-hybridized carbons (Fsp3) is 0.545. The zero-order chi connectivity index (χ0) is 10.3. The van der Waals surface area contributed by atoms with Crippen LogP contribution < -0.4 is 0 Å². The minimum absolute atomic E-state index is 0.00336. The van der Waals surface area contributed by atoms with Gasteiger partial charge in [-0.25, -0.2) is 0 Å². The molecular formula is C11H17ClO. The van der Waals surface area contributed by atoms with Crippen LogP contribution in [0.15, 0.2) is 23.3 Å². The Morgan fingerprint density at radius 1 is 1.31 bits per heavy atom. The quantitative estimate of drug-likeness (QED) is 0.377. The predicted molar refractivity (Wildman–Crippen MR) is 58.1 cm³/mol. The van der Waals surface area contributed by atoms with Gasteiger partial charge in [-0.05, 0) is 39.7 Å². The lowest BCUT2D eigenvalue weighted by Crippen LogP contribution is -1.94. The van der Waals surface area contributed by atoms with E-state index in [9.17, 15) is 4.79 Å². The van der Waals surface area contributed by atoms with Crippen LogP contribution in [-0.2, 0) is 4.79 Å². The number of carbonyl (C=O) groups is 1. The molecular weight excluding hydrogens is 184 g/mol. The zero-order valence-corrected chi connectivity index (χ0v) is 9.32. The molecule has 0 aliphatic heterocycles. The van der Waals surface area contributed by atoms with Crippen LogP contribution in [0.5, 0.6) is 0 Å². The van der Waals surface area contributed by atoms with Crippen molar-refractivity contribution in [2.45, 2.75) is 33.6 Å². The van der Waals surface area contributed by atoms with Gasteiger partial charge < -0.3 is 0 Å². The van der Waals surface area contributed by atoms with Crippen LogP contribution in [0.4, 0.5) is 0 Å². The van der Waals surface area contributed by atoms with E-state index in [1.54, 1.807) is 6.08 Å². The van der Waals surface area contributed by atoms with Gasteiger partial charge in [0.1, 0.15) is 0 Å². The van der Waals surface area contributed by atoms with Gasteiger partial charge in [-0.1, -0.05) is 17.2 Å². The number of ketones is 1. The largest absolute Gasteiger partial charge is 0.294 e. The number of allylic oxidation sites excluding steroid dienone is 4. The third kappa shape index (κ3) is 7.79. The van der Waals surface area contributed by atoms with Crippen molar-refractivity contribution in [2.24, 2.45) is 0 Å². The van der Waals surface area contributed by atoms with Crippen LogP contribution in [0.1, 0.15) is 33.6 Å². The van der Waals surface area contributed by atoms with E-state index in [4.69, 9.17) is 11.6 Å². The lowest BCUT2D eigenvalue weighted by atomic mass is 10.1. The number of hydrogen-bond acceptors (Lipinski definition) is 1. The summed E-state index contributed by atoms with van der Waals surface area (Å²) in [4.78, 5) is 10.9. The van der Waals surface area contributed by atoms with Crippen molar-refractivity contribution >= 4 is 17.4 Å². The first-order valence-corrected chi connectivity index (χ1v) is 4.99. The molecule has 0 N–H and O–H groups in total. The molecule has 0 fully saturated rings. The summed E-state index contributed by atoms with van der Waals surface area (Å²) in [5, 5.41) is 0. The summed E-state index contributed by atoms with van der Waals surface area (Å²) >= 11 is 5.37. The van der Waals surface area contributed by atoms with Gasteiger partial charge in [-0.2, -0.15) is 0 Å². The maximum absolute atomic E-state index is 10.9. The Labute approximate surface area is 85.5 Å². The van der Waals surface area contributed by atoms with Crippen molar-refractivity contribution in [3.63, 3.8) is 0 Å². The van der Waals surface area contributed by atoms with Gasteiger partial charge in [-0.15, -0.1) is 11.6 Å². The molecule has 0 amide bonds. The summed E-state index contributed by atoms with van der Waals surface area (Å²) in [6, 6.07) is 0. The zero-order valence-electron chi connectivity index (χ0n) is 8.56. The smallest absolute Gasteiger partial charge is 0.170 e. The first-order valence-electron chi connectivity index (χ1n) is 4.45. The molecule has 0 aromatic rings. The van der Waals surface area contributed by atoms with Gasteiger partial charge in [-0.3, -0.25) is 4.79 Å². The second-order valence-corrected chi connectivity index (χ2v) is 3.68. The molecule has 0 saturated carbocycles. The minimum Gasteiger partial charge on any atom is -0.294 e. The van der Waals surface area contributed by atoms with Crippen molar-refractivity contribution < 1.29 is 4.79 Å². The van der Waals surface area contributed by atoms with E-state index in [0.29, 0.717) is 0 Å². The third-order valence-electron chi connectivity index (χ3n) is 1.63. The molecule has 0 aromatic heterocycles. The van der Waals surface area contributed by atoms with E-state index < -0.39 is 0 Å². The van der Waals surface area contributed by atoms with Crippen LogP contribution in [0, 0.1) is 0 Å². The molecule has 0 bridgehead atoms. The van der Waals surface area contributed by atoms with Crippen LogP contribution in [0.2, 0.25) is 0 Å². The summed E-state index contributed by atoms with van der Waals surface area (Å²) < 4.78 is 0. The molecule has 1 nitrogen and oxygen atoms in total. The molecule has 13 heavy (non-hydrogen) atoms. The highest BCUT2D eigenvalue weighted by molar-refractivity contribution is 6.29. The van der Waals surface area contributed by atoms with Crippen molar-refractivity contribution in [3.05, 3.63) is 23.3 Å². The number of rotatable bonds is 5. The highest BCUT2D eigenvalue weighted by Gasteiger charge is 1.95. The van der Waals surface area contributed by atoms with E-state index in [1.807, 2.05) is 6.92 Å². The standard InChI is InChI=1S/C11H17ClO/c1-9(2)5-4-6-10(3)7-11(13)8-12/h5,7H,4,6,8H2,1-3H3. The minimum atomic E-state index is -0.00336. The highest BCUT2D eigenvalue weighted by atomic mass is 35.5. The molecule has 0 aliphatic carbocycles. The lowest BCUT2D eigenvalue weighted by Gasteiger charge is -1.97. The normalized spacial score (nSPS) is 11.2. The van der Waals surface area contributed by atoms with Gasteiger partial charge in [0.2, 0.25) is 0 Å². The first kappa shape index (κ1) is 12.4. The Bertz CT molecular complexity index is 222. The summed E-state index contributed by atoms with van der Waals surface area (Å²) in [5.41, 5.74) is 2.42. The third-order valence-corrected chi connectivity index (χ3v) is 1.89. The summed E-state index contributed by atoms with van der Waals surface area (Å²) in [5.74, 6) is 0.0800. The summed E-state index contributed by atoms with van der Waals surface area (Å²) in [6.45, 7) is 6.11. The van der Waals surface area contributed by atoms with Crippen LogP contribution in [-0.4, -0.2) is 11.7 Å².